The van der Waals surface area contributed by atoms with Crippen molar-refractivity contribution in [1.29, 1.82) is 0 Å². The van der Waals surface area contributed by atoms with Crippen LogP contribution in [0.15, 0.2) is 0 Å². The molecule has 0 aromatic rings. The summed E-state index contributed by atoms with van der Waals surface area (Å²) >= 11 is 0. The average molecular weight is 160 g/mol. The monoisotopic (exact) mass is 160 g/mol. The van der Waals surface area contributed by atoms with Crippen molar-refractivity contribution in [1.82, 2.24) is 10.1 Å². The molecular weight excluding hydrogens is 152 g/mol. The van der Waals surface area contributed by atoms with E-state index in [2.05, 4.69) is 0 Å². The van der Waals surface area contributed by atoms with Gasteiger partial charge in [0, 0.05) is 0 Å². The molecule has 11 heavy (non-hydrogen) atoms. The Morgan fingerprint density at radius 3 is 1.82 bits per heavy atom. The molecule has 6 nitrogen and oxygen atoms in total. The maximum absolute atomic E-state index is 10.9. The number of hydrogen-bond acceptors (Lipinski definition) is 4. The Balaban J connectivity index is 3.06. The second-order valence-corrected chi connectivity index (χ2v) is 2.77. The Morgan fingerprint density at radius 2 is 1.73 bits per heavy atom. The summed E-state index contributed by atoms with van der Waals surface area (Å²) < 4.78 is 0. The number of amides is 3. The molecule has 6 heteroatoms. The van der Waals surface area contributed by atoms with E-state index in [-0.39, 0.29) is 10.1 Å². The minimum absolute atomic E-state index is 0.111. The lowest BCUT2D eigenvalue weighted by atomic mass is 10.1. The Kier molecular flexibility index (Phi) is 1.39. The molecule has 3 amide bonds. The van der Waals surface area contributed by atoms with Gasteiger partial charge in [0.15, 0.2) is 0 Å². The smallest absolute Gasteiger partial charge is 0.283 e. The van der Waals surface area contributed by atoms with E-state index in [9.17, 15) is 9.59 Å². The first-order valence-electron chi connectivity index (χ1n) is 2.95. The van der Waals surface area contributed by atoms with Crippen molar-refractivity contribution in [3.8, 4) is 0 Å². The first-order chi connectivity index (χ1) is 4.89. The van der Waals surface area contributed by atoms with Gasteiger partial charge in [0.1, 0.15) is 5.54 Å². The van der Waals surface area contributed by atoms with E-state index >= 15 is 0 Å². The molecular formula is C5H8N2O4. The highest BCUT2D eigenvalue weighted by atomic mass is 16.6. The van der Waals surface area contributed by atoms with Crippen molar-refractivity contribution < 1.29 is 20.0 Å². The number of nitrogens with zero attached hydrogens (tertiary/aromatic N) is 2. The minimum atomic E-state index is -1.37. The standard InChI is InChI=1S/C5H8N2O4/c1-5(2)3(8)6(10)4(9)7(5)11/h10-11H,1-2H3. The summed E-state index contributed by atoms with van der Waals surface area (Å²) in [6.45, 7) is 2.65. The number of hydrogen-bond donors (Lipinski definition) is 2. The SMILES string of the molecule is CC1(C)C(=O)N(O)C(=O)N1O. The summed E-state index contributed by atoms with van der Waals surface area (Å²) in [7, 11) is 0. The molecule has 0 aliphatic carbocycles. The van der Waals surface area contributed by atoms with E-state index in [4.69, 9.17) is 10.4 Å². The van der Waals surface area contributed by atoms with E-state index < -0.39 is 17.5 Å². The molecule has 1 aliphatic rings. The molecule has 1 rings (SSSR count). The number of carbonyl (C=O) groups excluding carboxylic acids is 2. The Bertz CT molecular complexity index is 225. The minimum Gasteiger partial charge on any atom is -0.283 e. The van der Waals surface area contributed by atoms with Crippen LogP contribution >= 0.6 is 0 Å². The van der Waals surface area contributed by atoms with E-state index in [0.29, 0.717) is 0 Å². The fraction of sp³-hybridized carbons (Fsp3) is 0.600. The summed E-state index contributed by atoms with van der Waals surface area (Å²) in [5.74, 6) is -0.843. The fourth-order valence-electron chi connectivity index (χ4n) is 0.765. The zero-order chi connectivity index (χ0) is 8.81. The van der Waals surface area contributed by atoms with Crippen LogP contribution in [0.3, 0.4) is 0 Å². The van der Waals surface area contributed by atoms with Crippen molar-refractivity contribution in [3.63, 3.8) is 0 Å². The number of hydroxylamine groups is 4. The summed E-state index contributed by atoms with van der Waals surface area (Å²) in [6, 6.07) is -1.12. The zero-order valence-corrected chi connectivity index (χ0v) is 6.11. The molecule has 0 atom stereocenters. The second kappa shape index (κ2) is 1.93. The topological polar surface area (TPSA) is 81.1 Å². The Labute approximate surface area is 62.5 Å². The highest BCUT2D eigenvalue weighted by Crippen LogP contribution is 2.23. The van der Waals surface area contributed by atoms with Gasteiger partial charge in [0.25, 0.3) is 5.91 Å². The molecule has 0 aromatic heterocycles. The van der Waals surface area contributed by atoms with Crippen molar-refractivity contribution >= 4 is 11.9 Å². The zero-order valence-electron chi connectivity index (χ0n) is 6.11. The molecule has 0 saturated carbocycles. The maximum atomic E-state index is 10.9. The summed E-state index contributed by atoms with van der Waals surface area (Å²) in [4.78, 5) is 21.6. The maximum Gasteiger partial charge on any atom is 0.375 e. The molecule has 0 radical (unpaired) electrons. The van der Waals surface area contributed by atoms with Gasteiger partial charge in [0.05, 0.1) is 0 Å². The van der Waals surface area contributed by atoms with Crippen LogP contribution in [0.1, 0.15) is 13.8 Å². The molecule has 0 unspecified atom stereocenters. The molecule has 0 bridgehead atoms. The van der Waals surface area contributed by atoms with E-state index in [0.717, 1.165) is 0 Å². The van der Waals surface area contributed by atoms with Crippen molar-refractivity contribution in [2.75, 3.05) is 0 Å². The largest absolute Gasteiger partial charge is 0.375 e. The summed E-state index contributed by atoms with van der Waals surface area (Å²) in [5.41, 5.74) is -1.37. The average Bonchev–Trinajstić information content (AvgIpc) is 2.06. The predicted octanol–water partition coefficient (Wildman–Crippen LogP) is -0.192. The van der Waals surface area contributed by atoms with Crippen LogP contribution in [-0.2, 0) is 4.79 Å². The number of rotatable bonds is 0. The highest BCUT2D eigenvalue weighted by molar-refractivity contribution is 6.04. The lowest BCUT2D eigenvalue weighted by Gasteiger charge is -2.19. The van der Waals surface area contributed by atoms with E-state index in [1.165, 1.54) is 13.8 Å². The van der Waals surface area contributed by atoms with Crippen LogP contribution in [0.5, 0.6) is 0 Å². The molecule has 1 saturated heterocycles. The van der Waals surface area contributed by atoms with Gasteiger partial charge in [-0.1, -0.05) is 0 Å². The number of imide groups is 1. The van der Waals surface area contributed by atoms with Crippen molar-refractivity contribution in [2.45, 2.75) is 19.4 Å². The van der Waals surface area contributed by atoms with Gasteiger partial charge in [-0.2, -0.15) is 5.06 Å². The number of carbonyl (C=O) groups is 2. The third kappa shape index (κ3) is 0.798. The lowest BCUT2D eigenvalue weighted by Crippen LogP contribution is -2.41. The van der Waals surface area contributed by atoms with Crippen molar-refractivity contribution in [2.24, 2.45) is 0 Å². The van der Waals surface area contributed by atoms with Crippen LogP contribution < -0.4 is 0 Å². The van der Waals surface area contributed by atoms with Gasteiger partial charge in [-0.05, 0) is 13.8 Å². The lowest BCUT2D eigenvalue weighted by molar-refractivity contribution is -0.155. The molecule has 1 aliphatic heterocycles. The normalized spacial score (nSPS) is 23.3. The molecule has 62 valence electrons. The molecule has 0 spiro atoms. The van der Waals surface area contributed by atoms with Crippen LogP contribution in [0.2, 0.25) is 0 Å². The Hall–Kier alpha value is -1.14. The fourth-order valence-corrected chi connectivity index (χ4v) is 0.765. The van der Waals surface area contributed by atoms with Gasteiger partial charge in [-0.15, -0.1) is 5.06 Å². The third-order valence-electron chi connectivity index (χ3n) is 1.61. The summed E-state index contributed by atoms with van der Waals surface area (Å²) in [5, 5.41) is 17.7. The van der Waals surface area contributed by atoms with E-state index in [1.54, 1.807) is 0 Å². The van der Waals surface area contributed by atoms with Gasteiger partial charge >= 0.3 is 6.03 Å². The highest BCUT2D eigenvalue weighted by Gasteiger charge is 2.51. The summed E-state index contributed by atoms with van der Waals surface area (Å²) in [6.07, 6.45) is 0. The van der Waals surface area contributed by atoms with Crippen LogP contribution in [0, 0.1) is 0 Å². The van der Waals surface area contributed by atoms with Gasteiger partial charge in [-0.3, -0.25) is 15.2 Å². The number of urea groups is 1. The first-order valence-corrected chi connectivity index (χ1v) is 2.95. The quantitative estimate of drug-likeness (QED) is 0.380. The van der Waals surface area contributed by atoms with E-state index in [1.807, 2.05) is 0 Å². The van der Waals surface area contributed by atoms with Gasteiger partial charge in [-0.25, -0.2) is 4.79 Å². The second-order valence-electron chi connectivity index (χ2n) is 2.77. The van der Waals surface area contributed by atoms with Gasteiger partial charge in [0.2, 0.25) is 0 Å². The Morgan fingerprint density at radius 1 is 1.27 bits per heavy atom. The molecule has 1 heterocycles. The third-order valence-corrected chi connectivity index (χ3v) is 1.61. The first kappa shape index (κ1) is 7.96. The molecule has 0 aromatic carbocycles. The predicted molar refractivity (Wildman–Crippen MR) is 31.7 cm³/mol. The van der Waals surface area contributed by atoms with Crippen LogP contribution in [0.4, 0.5) is 4.79 Å². The molecule has 2 N–H and O–H groups in total. The van der Waals surface area contributed by atoms with Crippen LogP contribution in [-0.4, -0.2) is 38.0 Å². The molecule has 1 fully saturated rings. The van der Waals surface area contributed by atoms with Crippen LogP contribution in [0.25, 0.3) is 0 Å². The van der Waals surface area contributed by atoms with Gasteiger partial charge < -0.3 is 0 Å². The van der Waals surface area contributed by atoms with Crippen molar-refractivity contribution in [3.05, 3.63) is 0 Å².